The van der Waals surface area contributed by atoms with Crippen LogP contribution in [0.2, 0.25) is 0 Å². The quantitative estimate of drug-likeness (QED) is 0.206. The lowest BCUT2D eigenvalue weighted by Crippen LogP contribution is -2.05. The average Bonchev–Trinajstić information content (AvgIpc) is 3.68. The number of rotatable bonds is 3. The van der Waals surface area contributed by atoms with E-state index >= 15 is 0 Å². The van der Waals surface area contributed by atoms with Crippen LogP contribution in [0.25, 0.3) is 82.9 Å². The molecule has 0 fully saturated rings. The van der Waals surface area contributed by atoms with Crippen molar-refractivity contribution >= 4 is 43.5 Å². The molecule has 10 rings (SSSR count). The molecular weight excluding hydrogens is 558 g/mol. The van der Waals surface area contributed by atoms with E-state index in [9.17, 15) is 0 Å². The van der Waals surface area contributed by atoms with Crippen molar-refractivity contribution in [1.29, 1.82) is 0 Å². The number of nitrogens with zero attached hydrogens (tertiary/aromatic N) is 3. The summed E-state index contributed by atoms with van der Waals surface area (Å²) in [7, 11) is 0. The smallest absolute Gasteiger partial charge is 0.235 e. The molecule has 0 unspecified atom stereocenters. The molecule has 1 aliphatic rings. The fourth-order valence-electron chi connectivity index (χ4n) is 7.63. The maximum absolute atomic E-state index is 5.42. The van der Waals surface area contributed by atoms with E-state index in [0.717, 1.165) is 34.1 Å². The Hall–Kier alpha value is -6.06. The predicted molar refractivity (Wildman–Crippen MR) is 190 cm³/mol. The highest BCUT2D eigenvalue weighted by Crippen LogP contribution is 2.49. The van der Waals surface area contributed by atoms with Crippen LogP contribution in [-0.2, 0) is 6.42 Å². The highest BCUT2D eigenvalue weighted by atomic mass is 15.2. The van der Waals surface area contributed by atoms with Gasteiger partial charge >= 0.3 is 0 Å². The van der Waals surface area contributed by atoms with Crippen LogP contribution in [0.4, 0.5) is 0 Å². The van der Waals surface area contributed by atoms with Gasteiger partial charge in [-0.05, 0) is 56.3 Å². The number of aromatic nitrogens is 3. The van der Waals surface area contributed by atoms with Crippen LogP contribution in [0.1, 0.15) is 11.1 Å². The molecular formula is C43H27N3. The Morgan fingerprint density at radius 2 is 1.17 bits per heavy atom. The van der Waals surface area contributed by atoms with E-state index in [0.29, 0.717) is 5.95 Å². The molecule has 1 aliphatic carbocycles. The number of para-hydroxylation sites is 1. The van der Waals surface area contributed by atoms with Gasteiger partial charge in [0.05, 0.1) is 22.2 Å². The van der Waals surface area contributed by atoms with Crippen molar-refractivity contribution < 1.29 is 0 Å². The van der Waals surface area contributed by atoms with E-state index in [-0.39, 0.29) is 0 Å². The molecule has 2 aromatic heterocycles. The van der Waals surface area contributed by atoms with E-state index in [1.54, 1.807) is 0 Å². The van der Waals surface area contributed by atoms with Crippen LogP contribution < -0.4 is 0 Å². The summed E-state index contributed by atoms with van der Waals surface area (Å²) in [5.41, 5.74) is 13.0. The summed E-state index contributed by atoms with van der Waals surface area (Å²) in [4.78, 5) is 10.7. The largest absolute Gasteiger partial charge is 0.278 e. The molecule has 214 valence electrons. The molecule has 0 spiro atoms. The molecule has 0 atom stereocenters. The van der Waals surface area contributed by atoms with Crippen LogP contribution >= 0.6 is 0 Å². The predicted octanol–water partition coefficient (Wildman–Crippen LogP) is 10.8. The van der Waals surface area contributed by atoms with Gasteiger partial charge in [-0.1, -0.05) is 140 Å². The first-order chi connectivity index (χ1) is 22.8. The Bertz CT molecular complexity index is 2650. The number of benzene rings is 7. The molecule has 2 heterocycles. The van der Waals surface area contributed by atoms with Crippen molar-refractivity contribution in [2.75, 3.05) is 0 Å². The van der Waals surface area contributed by atoms with Crippen LogP contribution in [0, 0.1) is 0 Å². The summed E-state index contributed by atoms with van der Waals surface area (Å²) >= 11 is 0. The highest BCUT2D eigenvalue weighted by molar-refractivity contribution is 6.26. The van der Waals surface area contributed by atoms with Crippen molar-refractivity contribution in [2.45, 2.75) is 6.42 Å². The second-order valence-electron chi connectivity index (χ2n) is 12.1. The number of fused-ring (bicyclic) bond motifs is 11. The SMILES string of the molecule is c1ccc(-c2ccc3c4c5ccccc5c5c(c4n(-c4nc(-c6ccccc6)c6ccccc6n4)c3c2)Cc2ccccc2-5)cc1. The van der Waals surface area contributed by atoms with Gasteiger partial charge in [-0.3, -0.25) is 4.57 Å². The summed E-state index contributed by atoms with van der Waals surface area (Å²) < 4.78 is 2.35. The van der Waals surface area contributed by atoms with Gasteiger partial charge in [0.15, 0.2) is 0 Å². The molecule has 0 saturated heterocycles. The molecule has 3 nitrogen and oxygen atoms in total. The van der Waals surface area contributed by atoms with E-state index in [1.165, 1.54) is 60.4 Å². The zero-order chi connectivity index (χ0) is 30.2. The van der Waals surface area contributed by atoms with Crippen LogP contribution in [0.5, 0.6) is 0 Å². The molecule has 0 amide bonds. The molecule has 0 saturated carbocycles. The fraction of sp³-hybridized carbons (Fsp3) is 0.0233. The van der Waals surface area contributed by atoms with Gasteiger partial charge in [0.25, 0.3) is 0 Å². The van der Waals surface area contributed by atoms with Gasteiger partial charge < -0.3 is 0 Å². The second kappa shape index (κ2) is 9.72. The minimum atomic E-state index is 0.691. The first-order valence-electron chi connectivity index (χ1n) is 15.8. The van der Waals surface area contributed by atoms with Crippen molar-refractivity contribution in [3.05, 3.63) is 163 Å². The van der Waals surface area contributed by atoms with Gasteiger partial charge in [-0.25, -0.2) is 9.97 Å². The lowest BCUT2D eigenvalue weighted by Gasteiger charge is -2.15. The monoisotopic (exact) mass is 585 g/mol. The topological polar surface area (TPSA) is 30.7 Å². The Kier molecular flexibility index (Phi) is 5.34. The van der Waals surface area contributed by atoms with Gasteiger partial charge in [0.2, 0.25) is 5.95 Å². The molecule has 0 aliphatic heterocycles. The summed E-state index contributed by atoms with van der Waals surface area (Å²) in [5, 5.41) is 6.07. The minimum absolute atomic E-state index is 0.691. The third-order valence-electron chi connectivity index (χ3n) is 9.62. The van der Waals surface area contributed by atoms with Gasteiger partial charge in [0.1, 0.15) is 0 Å². The maximum Gasteiger partial charge on any atom is 0.235 e. The average molecular weight is 586 g/mol. The Morgan fingerprint density at radius 3 is 2.00 bits per heavy atom. The molecule has 9 aromatic rings. The van der Waals surface area contributed by atoms with Gasteiger partial charge in [-0.15, -0.1) is 0 Å². The molecule has 0 N–H and O–H groups in total. The van der Waals surface area contributed by atoms with Crippen molar-refractivity contribution in [3.8, 4) is 39.5 Å². The summed E-state index contributed by atoms with van der Waals surface area (Å²) in [6, 6.07) is 54.1. The normalized spacial score (nSPS) is 12.3. The van der Waals surface area contributed by atoms with E-state index < -0.39 is 0 Å². The minimum Gasteiger partial charge on any atom is -0.278 e. The summed E-state index contributed by atoms with van der Waals surface area (Å²) in [6.45, 7) is 0. The second-order valence-corrected chi connectivity index (χ2v) is 12.1. The maximum atomic E-state index is 5.42. The number of hydrogen-bond acceptors (Lipinski definition) is 2. The van der Waals surface area contributed by atoms with E-state index in [1.807, 2.05) is 0 Å². The van der Waals surface area contributed by atoms with E-state index in [4.69, 9.17) is 9.97 Å². The third kappa shape index (κ3) is 3.60. The summed E-state index contributed by atoms with van der Waals surface area (Å²) in [6.07, 6.45) is 0.869. The Labute approximate surface area is 266 Å². The van der Waals surface area contributed by atoms with Crippen LogP contribution in [-0.4, -0.2) is 14.5 Å². The van der Waals surface area contributed by atoms with E-state index in [2.05, 4.69) is 156 Å². The first kappa shape index (κ1) is 25.3. The van der Waals surface area contributed by atoms with Crippen LogP contribution in [0.15, 0.2) is 152 Å². The number of hydrogen-bond donors (Lipinski definition) is 0. The first-order valence-corrected chi connectivity index (χ1v) is 15.8. The van der Waals surface area contributed by atoms with Crippen molar-refractivity contribution in [1.82, 2.24) is 14.5 Å². The highest BCUT2D eigenvalue weighted by Gasteiger charge is 2.29. The summed E-state index contributed by atoms with van der Waals surface area (Å²) in [5.74, 6) is 0.691. The third-order valence-corrected chi connectivity index (χ3v) is 9.62. The lowest BCUT2D eigenvalue weighted by atomic mass is 9.93. The van der Waals surface area contributed by atoms with Crippen molar-refractivity contribution in [3.63, 3.8) is 0 Å². The fourth-order valence-corrected chi connectivity index (χ4v) is 7.63. The molecule has 7 aromatic carbocycles. The Balaban J connectivity index is 1.41. The molecule has 46 heavy (non-hydrogen) atoms. The molecule has 0 radical (unpaired) electrons. The lowest BCUT2D eigenvalue weighted by molar-refractivity contribution is 1.01. The zero-order valence-corrected chi connectivity index (χ0v) is 25.0. The molecule has 0 bridgehead atoms. The Morgan fingerprint density at radius 1 is 0.500 bits per heavy atom. The van der Waals surface area contributed by atoms with Crippen LogP contribution in [0.3, 0.4) is 0 Å². The van der Waals surface area contributed by atoms with Crippen molar-refractivity contribution in [2.24, 2.45) is 0 Å². The standard InChI is InChI=1S/C43H27N3/c1-3-13-27(14-4-1)29-23-24-35-38(26-29)46(43-44-37-22-12-11-21-34(37)41(45-43)28-15-5-2-6-16-28)42-36-25-30-17-7-8-18-31(30)39(36)32-19-9-10-20-33(32)40(35)42/h1-24,26H,25H2. The zero-order valence-electron chi connectivity index (χ0n) is 25.0. The molecule has 3 heteroatoms. The van der Waals surface area contributed by atoms with Gasteiger partial charge in [-0.2, -0.15) is 0 Å². The van der Waals surface area contributed by atoms with Gasteiger partial charge in [0, 0.05) is 28.1 Å².